The normalized spacial score (nSPS) is 26.2. The Labute approximate surface area is 113 Å². The Bertz CT molecular complexity index is 223. The average molecular weight is 256 g/mol. The first-order chi connectivity index (χ1) is 8.62. The molecule has 108 valence electrons. The van der Waals surface area contributed by atoms with Gasteiger partial charge in [0, 0.05) is 37.8 Å². The minimum absolute atomic E-state index is 0.312. The van der Waals surface area contributed by atoms with Gasteiger partial charge in [-0.15, -0.1) is 0 Å². The molecular weight excluding hydrogens is 224 g/mol. The third-order valence-corrected chi connectivity index (χ3v) is 4.63. The number of hydrogen-bond acceptors (Lipinski definition) is 3. The maximum atomic E-state index is 5.43. The van der Waals surface area contributed by atoms with Crippen molar-refractivity contribution < 1.29 is 4.74 Å². The van der Waals surface area contributed by atoms with E-state index < -0.39 is 0 Å². The Morgan fingerprint density at radius 2 is 2.00 bits per heavy atom. The molecule has 1 heterocycles. The number of methoxy groups -OCH3 is 1. The standard InChI is InChI=1S/C15H32N2O/c1-6-9-14(11-18-5)17-12-15(7-2,8-3)16-10-13(17)4/h13-14,16H,6-12H2,1-5H3. The van der Waals surface area contributed by atoms with E-state index in [1.54, 1.807) is 0 Å². The molecule has 1 saturated heterocycles. The van der Waals surface area contributed by atoms with Crippen molar-refractivity contribution in [1.82, 2.24) is 10.2 Å². The van der Waals surface area contributed by atoms with Crippen molar-refractivity contribution in [3.63, 3.8) is 0 Å². The molecule has 0 spiro atoms. The molecule has 0 aliphatic carbocycles. The van der Waals surface area contributed by atoms with E-state index >= 15 is 0 Å². The second-order valence-corrected chi connectivity index (χ2v) is 5.79. The van der Waals surface area contributed by atoms with Gasteiger partial charge in [0.15, 0.2) is 0 Å². The number of piperazine rings is 1. The summed E-state index contributed by atoms with van der Waals surface area (Å²) in [5, 5.41) is 3.77. The molecule has 1 N–H and O–H groups in total. The molecule has 18 heavy (non-hydrogen) atoms. The third-order valence-electron chi connectivity index (χ3n) is 4.63. The fourth-order valence-electron chi connectivity index (χ4n) is 3.13. The van der Waals surface area contributed by atoms with Crippen molar-refractivity contribution in [3.8, 4) is 0 Å². The lowest BCUT2D eigenvalue weighted by Crippen LogP contribution is -2.65. The molecule has 2 atom stereocenters. The van der Waals surface area contributed by atoms with Gasteiger partial charge in [-0.25, -0.2) is 0 Å². The van der Waals surface area contributed by atoms with Crippen molar-refractivity contribution in [2.75, 3.05) is 26.8 Å². The molecule has 3 heteroatoms. The number of nitrogens with one attached hydrogen (secondary N) is 1. The molecule has 0 amide bonds. The predicted octanol–water partition coefficient (Wildman–Crippen LogP) is 2.65. The monoisotopic (exact) mass is 256 g/mol. The van der Waals surface area contributed by atoms with Crippen LogP contribution < -0.4 is 5.32 Å². The van der Waals surface area contributed by atoms with Crippen molar-refractivity contribution in [1.29, 1.82) is 0 Å². The molecule has 0 aromatic heterocycles. The Balaban J connectivity index is 2.75. The highest BCUT2D eigenvalue weighted by molar-refractivity contribution is 4.97. The smallest absolute Gasteiger partial charge is 0.0618 e. The zero-order valence-corrected chi connectivity index (χ0v) is 13.0. The van der Waals surface area contributed by atoms with Crippen LogP contribution in [-0.4, -0.2) is 49.3 Å². The van der Waals surface area contributed by atoms with E-state index in [0.717, 1.165) is 19.7 Å². The largest absolute Gasteiger partial charge is 0.383 e. The second kappa shape index (κ2) is 7.46. The van der Waals surface area contributed by atoms with Gasteiger partial charge in [0.25, 0.3) is 0 Å². The van der Waals surface area contributed by atoms with Crippen molar-refractivity contribution >= 4 is 0 Å². The summed E-state index contributed by atoms with van der Waals surface area (Å²) in [7, 11) is 1.82. The number of rotatable bonds is 7. The van der Waals surface area contributed by atoms with Gasteiger partial charge < -0.3 is 10.1 Å². The van der Waals surface area contributed by atoms with E-state index in [-0.39, 0.29) is 0 Å². The Morgan fingerprint density at radius 1 is 1.33 bits per heavy atom. The Hall–Kier alpha value is -0.120. The van der Waals surface area contributed by atoms with E-state index in [2.05, 4.69) is 37.9 Å². The number of nitrogens with zero attached hydrogens (tertiary/aromatic N) is 1. The van der Waals surface area contributed by atoms with Gasteiger partial charge in [-0.2, -0.15) is 0 Å². The second-order valence-electron chi connectivity index (χ2n) is 5.79. The topological polar surface area (TPSA) is 24.5 Å². The van der Waals surface area contributed by atoms with Crippen molar-refractivity contribution in [2.24, 2.45) is 0 Å². The summed E-state index contributed by atoms with van der Waals surface area (Å²) in [5.74, 6) is 0. The van der Waals surface area contributed by atoms with Gasteiger partial charge in [0.05, 0.1) is 6.61 Å². The molecule has 1 fully saturated rings. The zero-order chi connectivity index (χ0) is 13.6. The first kappa shape index (κ1) is 15.9. The van der Waals surface area contributed by atoms with Crippen LogP contribution in [0.3, 0.4) is 0 Å². The molecule has 1 aliphatic rings. The van der Waals surface area contributed by atoms with Gasteiger partial charge in [-0.05, 0) is 26.2 Å². The summed E-state index contributed by atoms with van der Waals surface area (Å²) in [6.07, 6.45) is 4.88. The summed E-state index contributed by atoms with van der Waals surface area (Å²) in [4.78, 5) is 2.68. The quantitative estimate of drug-likeness (QED) is 0.758. The van der Waals surface area contributed by atoms with Gasteiger partial charge in [-0.1, -0.05) is 27.2 Å². The Kier molecular flexibility index (Phi) is 6.61. The molecular formula is C15H32N2O. The van der Waals surface area contributed by atoms with Gasteiger partial charge in [0.1, 0.15) is 0 Å². The lowest BCUT2D eigenvalue weighted by atomic mass is 9.87. The highest BCUT2D eigenvalue weighted by Crippen LogP contribution is 2.25. The van der Waals surface area contributed by atoms with Crippen molar-refractivity contribution in [3.05, 3.63) is 0 Å². The molecule has 0 aromatic carbocycles. The highest BCUT2D eigenvalue weighted by atomic mass is 16.5. The summed E-state index contributed by atoms with van der Waals surface area (Å²) in [6, 6.07) is 1.19. The van der Waals surface area contributed by atoms with E-state index in [9.17, 15) is 0 Å². The predicted molar refractivity (Wildman–Crippen MR) is 78.1 cm³/mol. The van der Waals surface area contributed by atoms with Gasteiger partial charge >= 0.3 is 0 Å². The van der Waals surface area contributed by atoms with Crippen LogP contribution in [0.5, 0.6) is 0 Å². The lowest BCUT2D eigenvalue weighted by molar-refractivity contribution is 0.00727. The molecule has 1 aliphatic heterocycles. The first-order valence-electron chi connectivity index (χ1n) is 7.62. The van der Waals surface area contributed by atoms with Gasteiger partial charge in [0.2, 0.25) is 0 Å². The van der Waals surface area contributed by atoms with Crippen LogP contribution in [0.2, 0.25) is 0 Å². The van der Waals surface area contributed by atoms with E-state index in [0.29, 0.717) is 17.6 Å². The average Bonchev–Trinajstić information content (AvgIpc) is 2.40. The summed E-state index contributed by atoms with van der Waals surface area (Å²) in [6.45, 7) is 12.3. The molecule has 0 aromatic rings. The fourth-order valence-corrected chi connectivity index (χ4v) is 3.13. The van der Waals surface area contributed by atoms with Crippen molar-refractivity contribution in [2.45, 2.75) is 71.0 Å². The SMILES string of the molecule is CCCC(COC)N1CC(CC)(CC)NCC1C. The summed E-state index contributed by atoms with van der Waals surface area (Å²) >= 11 is 0. The number of hydrogen-bond donors (Lipinski definition) is 1. The zero-order valence-electron chi connectivity index (χ0n) is 13.0. The van der Waals surface area contributed by atoms with Gasteiger partial charge in [-0.3, -0.25) is 4.90 Å². The molecule has 2 unspecified atom stereocenters. The summed E-state index contributed by atoms with van der Waals surface area (Å²) < 4.78 is 5.43. The fraction of sp³-hybridized carbons (Fsp3) is 1.00. The third kappa shape index (κ3) is 3.69. The van der Waals surface area contributed by atoms with Crippen LogP contribution in [0.15, 0.2) is 0 Å². The van der Waals surface area contributed by atoms with E-state index in [4.69, 9.17) is 4.74 Å². The highest BCUT2D eigenvalue weighted by Gasteiger charge is 2.37. The molecule has 3 nitrogen and oxygen atoms in total. The van der Waals surface area contributed by atoms with Crippen LogP contribution in [0, 0.1) is 0 Å². The maximum absolute atomic E-state index is 5.43. The lowest BCUT2D eigenvalue weighted by Gasteiger charge is -2.49. The van der Waals surface area contributed by atoms with Crippen LogP contribution in [0.4, 0.5) is 0 Å². The first-order valence-corrected chi connectivity index (χ1v) is 7.62. The summed E-state index contributed by atoms with van der Waals surface area (Å²) in [5.41, 5.74) is 0.312. The van der Waals surface area contributed by atoms with E-state index in [1.165, 1.54) is 25.7 Å². The molecule has 0 saturated carbocycles. The minimum Gasteiger partial charge on any atom is -0.383 e. The van der Waals surface area contributed by atoms with Crippen LogP contribution in [-0.2, 0) is 4.74 Å². The molecule has 0 bridgehead atoms. The maximum Gasteiger partial charge on any atom is 0.0618 e. The van der Waals surface area contributed by atoms with Crippen LogP contribution in [0.25, 0.3) is 0 Å². The number of ether oxygens (including phenoxy) is 1. The van der Waals surface area contributed by atoms with E-state index in [1.807, 2.05) is 7.11 Å². The molecule has 0 radical (unpaired) electrons. The molecule has 1 rings (SSSR count). The Morgan fingerprint density at radius 3 is 2.50 bits per heavy atom. The van der Waals surface area contributed by atoms with Crippen LogP contribution >= 0.6 is 0 Å². The van der Waals surface area contributed by atoms with Crippen LogP contribution in [0.1, 0.15) is 53.4 Å². The minimum atomic E-state index is 0.312.